The van der Waals surface area contributed by atoms with Gasteiger partial charge in [-0.2, -0.15) is 0 Å². The van der Waals surface area contributed by atoms with Gasteiger partial charge >= 0.3 is 0 Å². The molecule has 0 saturated heterocycles. The second-order valence-corrected chi connectivity index (χ2v) is 4.00. The van der Waals surface area contributed by atoms with Crippen LogP contribution in [0.3, 0.4) is 0 Å². The van der Waals surface area contributed by atoms with Crippen molar-refractivity contribution in [2.24, 2.45) is 5.73 Å². The van der Waals surface area contributed by atoms with E-state index in [-0.39, 0.29) is 6.04 Å². The molecule has 0 fully saturated rings. The van der Waals surface area contributed by atoms with E-state index in [9.17, 15) is 0 Å². The van der Waals surface area contributed by atoms with Crippen LogP contribution >= 0.6 is 11.6 Å². The van der Waals surface area contributed by atoms with Crippen LogP contribution in [0.2, 0.25) is 5.02 Å². The first kappa shape index (κ1) is 9.56. The summed E-state index contributed by atoms with van der Waals surface area (Å²) in [6, 6.07) is 6.03. The van der Waals surface area contributed by atoms with Crippen molar-refractivity contribution in [3.63, 3.8) is 0 Å². The van der Waals surface area contributed by atoms with Crippen molar-refractivity contribution >= 4 is 22.5 Å². The Balaban J connectivity index is 2.84. The summed E-state index contributed by atoms with van der Waals surface area (Å²) in [5, 5.41) is 1.84. The van der Waals surface area contributed by atoms with Gasteiger partial charge in [0.15, 0.2) is 0 Å². The van der Waals surface area contributed by atoms with Crippen LogP contribution in [0.5, 0.6) is 0 Å². The average Bonchev–Trinajstić information content (AvgIpc) is 2.43. The van der Waals surface area contributed by atoms with E-state index in [1.807, 2.05) is 32.0 Å². The molecular weight excluding hydrogens is 196 g/mol. The van der Waals surface area contributed by atoms with Gasteiger partial charge in [-0.3, -0.25) is 0 Å². The minimum absolute atomic E-state index is 0.00593. The van der Waals surface area contributed by atoms with Crippen molar-refractivity contribution in [3.05, 3.63) is 34.5 Å². The fourth-order valence-electron chi connectivity index (χ4n) is 1.74. The van der Waals surface area contributed by atoms with Crippen molar-refractivity contribution < 1.29 is 0 Å². The third-order valence-corrected chi connectivity index (χ3v) is 2.93. The second kappa shape index (κ2) is 3.30. The van der Waals surface area contributed by atoms with E-state index in [0.717, 1.165) is 27.2 Å². The van der Waals surface area contributed by atoms with Crippen LogP contribution in [0.25, 0.3) is 10.9 Å². The number of hydrogen-bond acceptors (Lipinski definition) is 1. The molecule has 14 heavy (non-hydrogen) atoms. The normalized spacial score (nSPS) is 13.4. The first-order chi connectivity index (χ1) is 6.61. The Bertz CT molecular complexity index is 471. The Morgan fingerprint density at radius 1 is 1.43 bits per heavy atom. The van der Waals surface area contributed by atoms with E-state index >= 15 is 0 Å². The maximum absolute atomic E-state index is 6.20. The summed E-state index contributed by atoms with van der Waals surface area (Å²) >= 11 is 6.20. The van der Waals surface area contributed by atoms with Crippen LogP contribution in [-0.4, -0.2) is 4.98 Å². The minimum atomic E-state index is 0.00593. The molecule has 1 heterocycles. The lowest BCUT2D eigenvalue weighted by molar-refractivity contribution is 0.827. The molecule has 1 atom stereocenters. The maximum Gasteiger partial charge on any atom is 0.0692 e. The highest BCUT2D eigenvalue weighted by atomic mass is 35.5. The van der Waals surface area contributed by atoms with Crippen LogP contribution in [0.15, 0.2) is 18.2 Å². The van der Waals surface area contributed by atoms with Crippen molar-refractivity contribution in [3.8, 4) is 0 Å². The summed E-state index contributed by atoms with van der Waals surface area (Å²) in [6.07, 6.45) is 0. The lowest BCUT2D eigenvalue weighted by Gasteiger charge is -2.07. The number of rotatable bonds is 1. The SMILES string of the molecule is Cc1[nH]c2cccc(C(C)N)c2c1Cl. The molecule has 1 aromatic carbocycles. The summed E-state index contributed by atoms with van der Waals surface area (Å²) in [5.41, 5.74) is 9.03. The van der Waals surface area contributed by atoms with Crippen LogP contribution in [0.1, 0.15) is 24.2 Å². The monoisotopic (exact) mass is 208 g/mol. The number of halogens is 1. The molecule has 0 spiro atoms. The Morgan fingerprint density at radius 3 is 2.79 bits per heavy atom. The Morgan fingerprint density at radius 2 is 2.14 bits per heavy atom. The van der Waals surface area contributed by atoms with E-state index in [4.69, 9.17) is 17.3 Å². The van der Waals surface area contributed by atoms with Crippen LogP contribution < -0.4 is 5.73 Å². The summed E-state index contributed by atoms with van der Waals surface area (Å²) in [7, 11) is 0. The van der Waals surface area contributed by atoms with Gasteiger partial charge in [0, 0.05) is 22.6 Å². The number of hydrogen-bond donors (Lipinski definition) is 2. The van der Waals surface area contributed by atoms with E-state index < -0.39 is 0 Å². The summed E-state index contributed by atoms with van der Waals surface area (Å²) in [6.45, 7) is 3.93. The lowest BCUT2D eigenvalue weighted by Crippen LogP contribution is -2.04. The number of aromatic amines is 1. The third kappa shape index (κ3) is 1.31. The van der Waals surface area contributed by atoms with E-state index in [1.54, 1.807) is 0 Å². The predicted octanol–water partition coefficient (Wildman–Crippen LogP) is 3.15. The zero-order chi connectivity index (χ0) is 10.3. The number of aryl methyl sites for hydroxylation is 1. The second-order valence-electron chi connectivity index (χ2n) is 3.62. The fraction of sp³-hybridized carbons (Fsp3) is 0.273. The number of H-pyrrole nitrogens is 1. The zero-order valence-electron chi connectivity index (χ0n) is 8.26. The molecule has 0 aliphatic carbocycles. The zero-order valence-corrected chi connectivity index (χ0v) is 9.02. The molecule has 0 aliphatic heterocycles. The molecule has 2 aromatic rings. The smallest absolute Gasteiger partial charge is 0.0692 e. The Hall–Kier alpha value is -0.990. The highest BCUT2D eigenvalue weighted by Gasteiger charge is 2.11. The molecule has 1 aromatic heterocycles. The lowest BCUT2D eigenvalue weighted by atomic mass is 10.0. The van der Waals surface area contributed by atoms with Gasteiger partial charge in [0.25, 0.3) is 0 Å². The average molecular weight is 209 g/mol. The number of fused-ring (bicyclic) bond motifs is 1. The van der Waals surface area contributed by atoms with Crippen molar-refractivity contribution in [2.75, 3.05) is 0 Å². The molecule has 3 heteroatoms. The van der Waals surface area contributed by atoms with Gasteiger partial charge in [0.2, 0.25) is 0 Å². The third-order valence-electron chi connectivity index (χ3n) is 2.46. The molecule has 74 valence electrons. The van der Waals surface area contributed by atoms with Gasteiger partial charge in [0.05, 0.1) is 5.02 Å². The topological polar surface area (TPSA) is 41.8 Å². The Kier molecular flexibility index (Phi) is 2.25. The summed E-state index contributed by atoms with van der Waals surface area (Å²) in [5.74, 6) is 0. The highest BCUT2D eigenvalue weighted by Crippen LogP contribution is 2.31. The van der Waals surface area contributed by atoms with Gasteiger partial charge in [-0.05, 0) is 25.5 Å². The first-order valence-corrected chi connectivity index (χ1v) is 5.01. The quantitative estimate of drug-likeness (QED) is 0.743. The number of aromatic nitrogens is 1. The summed E-state index contributed by atoms with van der Waals surface area (Å²) in [4.78, 5) is 3.23. The van der Waals surface area contributed by atoms with Crippen molar-refractivity contribution in [2.45, 2.75) is 19.9 Å². The molecule has 2 rings (SSSR count). The summed E-state index contributed by atoms with van der Waals surface area (Å²) < 4.78 is 0. The maximum atomic E-state index is 6.20. The van der Waals surface area contributed by atoms with Crippen molar-refractivity contribution in [1.29, 1.82) is 0 Å². The molecule has 3 N–H and O–H groups in total. The van der Waals surface area contributed by atoms with E-state index in [0.29, 0.717) is 0 Å². The number of nitrogens with one attached hydrogen (secondary N) is 1. The molecule has 0 aliphatic rings. The van der Waals surface area contributed by atoms with Gasteiger partial charge in [-0.1, -0.05) is 23.7 Å². The molecule has 0 bridgehead atoms. The molecule has 1 unspecified atom stereocenters. The standard InChI is InChI=1S/C11H13ClN2/c1-6(13)8-4-3-5-9-10(8)11(12)7(2)14-9/h3-6,14H,13H2,1-2H3. The van der Waals surface area contributed by atoms with E-state index in [1.165, 1.54) is 0 Å². The van der Waals surface area contributed by atoms with Gasteiger partial charge in [-0.15, -0.1) is 0 Å². The van der Waals surface area contributed by atoms with Gasteiger partial charge < -0.3 is 10.7 Å². The molecular formula is C11H13ClN2. The minimum Gasteiger partial charge on any atom is -0.357 e. The molecule has 0 saturated carbocycles. The molecule has 2 nitrogen and oxygen atoms in total. The van der Waals surface area contributed by atoms with Gasteiger partial charge in [-0.25, -0.2) is 0 Å². The largest absolute Gasteiger partial charge is 0.357 e. The van der Waals surface area contributed by atoms with Crippen LogP contribution in [-0.2, 0) is 0 Å². The molecule has 0 radical (unpaired) electrons. The predicted molar refractivity (Wildman–Crippen MR) is 60.6 cm³/mol. The van der Waals surface area contributed by atoms with Gasteiger partial charge in [0.1, 0.15) is 0 Å². The fourth-order valence-corrected chi connectivity index (χ4v) is 2.00. The first-order valence-electron chi connectivity index (χ1n) is 4.63. The number of benzene rings is 1. The number of nitrogens with two attached hydrogens (primary N) is 1. The van der Waals surface area contributed by atoms with E-state index in [2.05, 4.69) is 4.98 Å². The van der Waals surface area contributed by atoms with Crippen LogP contribution in [0, 0.1) is 6.92 Å². The van der Waals surface area contributed by atoms with Crippen LogP contribution in [0.4, 0.5) is 0 Å². The highest BCUT2D eigenvalue weighted by molar-refractivity contribution is 6.36. The molecule has 0 amide bonds. The van der Waals surface area contributed by atoms with Crippen molar-refractivity contribution in [1.82, 2.24) is 4.98 Å². The Labute approximate surface area is 88.1 Å².